The molecule has 2 atom stereocenters. The zero-order valence-corrected chi connectivity index (χ0v) is 9.42. The van der Waals surface area contributed by atoms with E-state index in [1.54, 1.807) is 0 Å². The molecule has 0 aliphatic rings. The number of carbonyl (C=O) groups is 1. The fourth-order valence-electron chi connectivity index (χ4n) is 0.898. The Hall–Kier alpha value is -1.52. The first-order chi connectivity index (χ1) is 7.33. The number of anilines is 1. The summed E-state index contributed by atoms with van der Waals surface area (Å²) < 4.78 is 16.3. The van der Waals surface area contributed by atoms with Gasteiger partial charge in [-0.25, -0.2) is 4.57 Å². The van der Waals surface area contributed by atoms with Crippen LogP contribution in [0.3, 0.4) is 0 Å². The van der Waals surface area contributed by atoms with E-state index >= 15 is 0 Å². The Morgan fingerprint density at radius 1 is 1.44 bits per heavy atom. The molecule has 1 aromatic rings. The first-order valence-electron chi connectivity index (χ1n) is 4.43. The summed E-state index contributed by atoms with van der Waals surface area (Å²) >= 11 is 0. The van der Waals surface area contributed by atoms with E-state index in [4.69, 9.17) is 15.4 Å². The summed E-state index contributed by atoms with van der Waals surface area (Å²) in [6, 6.07) is 5.76. The van der Waals surface area contributed by atoms with Gasteiger partial charge in [-0.15, -0.1) is 0 Å². The molecule has 0 saturated heterocycles. The molecule has 7 heteroatoms. The number of hydrogen-bond donors (Lipinski definition) is 3. The Balaban J connectivity index is 2.84. The number of carboxylic acid groups (broad SMARTS) is 1. The van der Waals surface area contributed by atoms with Gasteiger partial charge in [-0.2, -0.15) is 0 Å². The molecule has 0 amide bonds. The normalized spacial score (nSPS) is 16.1. The standard InChI is InChI=1S/C9H12NO5P/c1-6(9(11)12)16(13,14)15-8-4-2-7(10)3-5-8/h2-6H,10H2,1H3,(H,11,12)(H,13,14). The van der Waals surface area contributed by atoms with Crippen LogP contribution in [-0.2, 0) is 9.36 Å². The van der Waals surface area contributed by atoms with Gasteiger partial charge in [-0.05, 0) is 31.2 Å². The molecule has 6 nitrogen and oxygen atoms in total. The van der Waals surface area contributed by atoms with E-state index < -0.39 is 19.2 Å². The van der Waals surface area contributed by atoms with E-state index in [-0.39, 0.29) is 5.75 Å². The minimum absolute atomic E-state index is 0.105. The van der Waals surface area contributed by atoms with Gasteiger partial charge in [0, 0.05) is 5.69 Å². The lowest BCUT2D eigenvalue weighted by Crippen LogP contribution is -2.18. The van der Waals surface area contributed by atoms with Crippen LogP contribution in [0.15, 0.2) is 24.3 Å². The zero-order valence-electron chi connectivity index (χ0n) is 8.53. The van der Waals surface area contributed by atoms with Crippen molar-refractivity contribution in [3.63, 3.8) is 0 Å². The third-order valence-electron chi connectivity index (χ3n) is 1.96. The molecule has 0 saturated carbocycles. The maximum absolute atomic E-state index is 11.5. The second kappa shape index (κ2) is 4.55. The van der Waals surface area contributed by atoms with E-state index in [1.807, 2.05) is 0 Å². The van der Waals surface area contributed by atoms with E-state index in [9.17, 15) is 14.3 Å². The fraction of sp³-hybridized carbons (Fsp3) is 0.222. The van der Waals surface area contributed by atoms with E-state index in [0.717, 1.165) is 6.92 Å². The molecular weight excluding hydrogens is 233 g/mol. The topological polar surface area (TPSA) is 110 Å². The summed E-state index contributed by atoms with van der Waals surface area (Å²) in [5, 5.41) is 8.61. The van der Waals surface area contributed by atoms with Crippen LogP contribution in [0.2, 0.25) is 0 Å². The van der Waals surface area contributed by atoms with Gasteiger partial charge in [0.1, 0.15) is 5.75 Å². The highest BCUT2D eigenvalue weighted by Crippen LogP contribution is 2.47. The number of nitrogens with two attached hydrogens (primary N) is 1. The molecular formula is C9H12NO5P. The minimum atomic E-state index is -4.22. The Morgan fingerprint density at radius 3 is 2.38 bits per heavy atom. The predicted octanol–water partition coefficient (Wildman–Crippen LogP) is 1.31. The molecule has 2 unspecified atom stereocenters. The SMILES string of the molecule is CC(C(=O)O)P(=O)(O)Oc1ccc(N)cc1. The lowest BCUT2D eigenvalue weighted by Gasteiger charge is -2.16. The fourth-order valence-corrected chi connectivity index (χ4v) is 1.76. The smallest absolute Gasteiger partial charge is 0.390 e. The first kappa shape index (κ1) is 12.5. The highest BCUT2D eigenvalue weighted by molar-refractivity contribution is 7.55. The summed E-state index contributed by atoms with van der Waals surface area (Å²) in [5.74, 6) is -1.28. The highest BCUT2D eigenvalue weighted by atomic mass is 31.2. The van der Waals surface area contributed by atoms with Gasteiger partial charge in [-0.1, -0.05) is 0 Å². The van der Waals surface area contributed by atoms with Gasteiger partial charge >= 0.3 is 13.6 Å². The van der Waals surface area contributed by atoms with Crippen LogP contribution in [0.5, 0.6) is 5.75 Å². The monoisotopic (exact) mass is 245 g/mol. The van der Waals surface area contributed by atoms with Crippen molar-refractivity contribution in [2.75, 3.05) is 5.73 Å². The lowest BCUT2D eigenvalue weighted by molar-refractivity contribution is -0.136. The maximum atomic E-state index is 11.5. The number of hydrogen-bond acceptors (Lipinski definition) is 4. The van der Waals surface area contributed by atoms with Crippen molar-refractivity contribution < 1.29 is 23.9 Å². The van der Waals surface area contributed by atoms with E-state index in [2.05, 4.69) is 0 Å². The number of carboxylic acids is 1. The van der Waals surface area contributed by atoms with Crippen molar-refractivity contribution >= 4 is 19.3 Å². The molecule has 4 N–H and O–H groups in total. The summed E-state index contributed by atoms with van der Waals surface area (Å²) in [5.41, 5.74) is 4.41. The van der Waals surface area contributed by atoms with Gasteiger partial charge < -0.3 is 20.3 Å². The Morgan fingerprint density at radius 2 is 1.94 bits per heavy atom. The number of nitrogen functional groups attached to an aromatic ring is 1. The molecule has 1 aromatic carbocycles. The van der Waals surface area contributed by atoms with Crippen molar-refractivity contribution in [2.24, 2.45) is 0 Å². The average molecular weight is 245 g/mol. The predicted molar refractivity (Wildman–Crippen MR) is 58.4 cm³/mol. The zero-order chi connectivity index (χ0) is 12.3. The minimum Gasteiger partial charge on any atom is -0.481 e. The van der Waals surface area contributed by atoms with Crippen LogP contribution in [0, 0.1) is 0 Å². The molecule has 0 aliphatic carbocycles. The van der Waals surface area contributed by atoms with Crippen LogP contribution >= 0.6 is 7.60 Å². The summed E-state index contributed by atoms with van der Waals surface area (Å²) in [4.78, 5) is 20.0. The maximum Gasteiger partial charge on any atom is 0.390 e. The molecule has 16 heavy (non-hydrogen) atoms. The molecule has 0 bridgehead atoms. The van der Waals surface area contributed by atoms with Crippen LogP contribution in [0.1, 0.15) is 6.92 Å². The van der Waals surface area contributed by atoms with Crippen LogP contribution in [0.4, 0.5) is 5.69 Å². The quantitative estimate of drug-likeness (QED) is 0.544. The Kier molecular flexibility index (Phi) is 3.57. The van der Waals surface area contributed by atoms with Crippen molar-refractivity contribution in [1.82, 2.24) is 0 Å². The molecule has 0 spiro atoms. The second-order valence-corrected chi connectivity index (χ2v) is 5.32. The third kappa shape index (κ3) is 2.98. The van der Waals surface area contributed by atoms with Crippen molar-refractivity contribution in [2.45, 2.75) is 12.6 Å². The van der Waals surface area contributed by atoms with E-state index in [0.29, 0.717) is 5.69 Å². The molecule has 1 rings (SSSR count). The van der Waals surface area contributed by atoms with Crippen molar-refractivity contribution in [3.05, 3.63) is 24.3 Å². The lowest BCUT2D eigenvalue weighted by atomic mass is 10.3. The molecule has 88 valence electrons. The summed E-state index contributed by atoms with van der Waals surface area (Å²) in [6.45, 7) is 1.11. The Bertz CT molecular complexity index is 430. The van der Waals surface area contributed by atoms with Gasteiger partial charge in [0.2, 0.25) is 0 Å². The van der Waals surface area contributed by atoms with Gasteiger partial charge in [0.25, 0.3) is 0 Å². The van der Waals surface area contributed by atoms with Crippen LogP contribution < -0.4 is 10.3 Å². The van der Waals surface area contributed by atoms with Crippen LogP contribution in [0.25, 0.3) is 0 Å². The third-order valence-corrected chi connectivity index (χ3v) is 3.64. The number of aliphatic carboxylic acids is 1. The molecule has 0 heterocycles. The van der Waals surface area contributed by atoms with Gasteiger partial charge in [0.15, 0.2) is 5.66 Å². The largest absolute Gasteiger partial charge is 0.481 e. The number of rotatable bonds is 4. The van der Waals surface area contributed by atoms with Gasteiger partial charge in [-0.3, -0.25) is 4.79 Å². The molecule has 0 aromatic heterocycles. The molecule has 0 aliphatic heterocycles. The highest BCUT2D eigenvalue weighted by Gasteiger charge is 2.35. The summed E-state index contributed by atoms with van der Waals surface area (Å²) in [6.07, 6.45) is 0. The van der Waals surface area contributed by atoms with Crippen LogP contribution in [-0.4, -0.2) is 21.6 Å². The van der Waals surface area contributed by atoms with Crippen molar-refractivity contribution in [1.29, 1.82) is 0 Å². The van der Waals surface area contributed by atoms with E-state index in [1.165, 1.54) is 24.3 Å². The van der Waals surface area contributed by atoms with Gasteiger partial charge in [0.05, 0.1) is 0 Å². The second-order valence-electron chi connectivity index (χ2n) is 3.24. The first-order valence-corrected chi connectivity index (χ1v) is 6.08. The van der Waals surface area contributed by atoms with Crippen molar-refractivity contribution in [3.8, 4) is 5.75 Å². The average Bonchev–Trinajstić information content (AvgIpc) is 2.20. The number of benzene rings is 1. The molecule has 0 radical (unpaired) electrons. The molecule has 0 fully saturated rings. The summed E-state index contributed by atoms with van der Waals surface area (Å²) in [7, 11) is -4.22. The Labute approximate surface area is 92.2 Å².